The van der Waals surface area contributed by atoms with E-state index in [4.69, 9.17) is 4.74 Å². The van der Waals surface area contributed by atoms with Crippen LogP contribution in [0.4, 0.5) is 18.9 Å². The molecule has 5 nitrogen and oxygen atoms in total. The van der Waals surface area contributed by atoms with Crippen molar-refractivity contribution in [1.82, 2.24) is 5.32 Å². The molecule has 8 heteroatoms. The van der Waals surface area contributed by atoms with Crippen molar-refractivity contribution >= 4 is 17.5 Å². The number of carbonyl (C=O) groups excluding carboxylic acids is 2. The number of hydrogen-bond donors (Lipinski definition) is 1. The van der Waals surface area contributed by atoms with Crippen LogP contribution >= 0.6 is 0 Å². The van der Waals surface area contributed by atoms with Crippen molar-refractivity contribution in [1.29, 1.82) is 0 Å². The van der Waals surface area contributed by atoms with Gasteiger partial charge in [0.25, 0.3) is 5.91 Å². The summed E-state index contributed by atoms with van der Waals surface area (Å²) in [6.07, 6.45) is -5.37. The number of nitrogens with zero attached hydrogens (tertiary/aromatic N) is 1. The number of alkyl halides is 3. The summed E-state index contributed by atoms with van der Waals surface area (Å²) in [7, 11) is 1.47. The Balaban J connectivity index is 1.81. The quantitative estimate of drug-likeness (QED) is 0.894. The topological polar surface area (TPSA) is 58.6 Å². The molecule has 1 heterocycles. The fourth-order valence-corrected chi connectivity index (χ4v) is 2.85. The van der Waals surface area contributed by atoms with Crippen molar-refractivity contribution in [2.75, 3.05) is 18.5 Å². The van der Waals surface area contributed by atoms with Crippen molar-refractivity contribution in [2.45, 2.75) is 18.7 Å². The molecule has 0 aromatic heterocycles. The molecule has 0 saturated carbocycles. The van der Waals surface area contributed by atoms with Crippen LogP contribution < -0.4 is 15.0 Å². The van der Waals surface area contributed by atoms with Gasteiger partial charge in [-0.2, -0.15) is 13.2 Å². The molecule has 0 fully saturated rings. The summed E-state index contributed by atoms with van der Waals surface area (Å²) in [6, 6.07) is 11.3. The van der Waals surface area contributed by atoms with E-state index in [0.29, 0.717) is 17.0 Å². The van der Waals surface area contributed by atoms with Gasteiger partial charge in [-0.05, 0) is 29.8 Å². The highest BCUT2D eigenvalue weighted by molar-refractivity contribution is 5.98. The van der Waals surface area contributed by atoms with E-state index < -0.39 is 17.8 Å². The van der Waals surface area contributed by atoms with Crippen LogP contribution in [-0.2, 0) is 22.2 Å². The van der Waals surface area contributed by atoms with Crippen LogP contribution in [0, 0.1) is 0 Å². The Hall–Kier alpha value is -3.03. The number of carbonyl (C=O) groups is 2. The molecule has 1 aliphatic heterocycles. The highest BCUT2D eigenvalue weighted by Gasteiger charge is 2.33. The standard InChI is InChI=1S/C19H17F3N2O3/c1-23-18(26)16-11-24(14-4-2-3-5-15(14)27-16)17(25)10-12-6-8-13(9-7-12)19(20,21)22/h2-9,16H,10-11H2,1H3,(H,23,26)/t16-/m1/s1. The minimum absolute atomic E-state index is 0.0240. The maximum atomic E-state index is 12.8. The summed E-state index contributed by atoms with van der Waals surface area (Å²) < 4.78 is 43.6. The fourth-order valence-electron chi connectivity index (χ4n) is 2.85. The van der Waals surface area contributed by atoms with Crippen molar-refractivity contribution < 1.29 is 27.5 Å². The molecular weight excluding hydrogens is 361 g/mol. The molecule has 0 spiro atoms. The molecule has 2 aromatic rings. The highest BCUT2D eigenvalue weighted by atomic mass is 19.4. The van der Waals surface area contributed by atoms with E-state index in [1.807, 2.05) is 0 Å². The molecule has 142 valence electrons. The maximum Gasteiger partial charge on any atom is 0.416 e. The van der Waals surface area contributed by atoms with Crippen LogP contribution in [-0.4, -0.2) is 31.5 Å². The first-order chi connectivity index (χ1) is 12.8. The summed E-state index contributed by atoms with van der Waals surface area (Å²) in [6.45, 7) is 0.0240. The summed E-state index contributed by atoms with van der Waals surface area (Å²) in [5, 5.41) is 2.49. The molecule has 0 radical (unpaired) electrons. The van der Waals surface area contributed by atoms with Crippen molar-refractivity contribution in [2.24, 2.45) is 0 Å². The lowest BCUT2D eigenvalue weighted by atomic mass is 10.1. The molecule has 0 saturated heterocycles. The van der Waals surface area contributed by atoms with Gasteiger partial charge in [0.05, 0.1) is 24.2 Å². The van der Waals surface area contributed by atoms with Gasteiger partial charge >= 0.3 is 6.18 Å². The number of halogens is 3. The first-order valence-corrected chi connectivity index (χ1v) is 8.23. The van der Waals surface area contributed by atoms with Crippen molar-refractivity contribution in [3.05, 3.63) is 59.7 Å². The van der Waals surface area contributed by atoms with Gasteiger partial charge < -0.3 is 15.0 Å². The van der Waals surface area contributed by atoms with Gasteiger partial charge in [0, 0.05) is 7.05 Å². The lowest BCUT2D eigenvalue weighted by Crippen LogP contribution is -2.50. The number of ether oxygens (including phenoxy) is 1. The SMILES string of the molecule is CNC(=O)[C@H]1CN(C(=O)Cc2ccc(C(F)(F)F)cc2)c2ccccc2O1. The van der Waals surface area contributed by atoms with Crippen molar-refractivity contribution in [3.63, 3.8) is 0 Å². The average Bonchev–Trinajstić information content (AvgIpc) is 2.66. The van der Waals surface area contributed by atoms with Crippen LogP contribution in [0.3, 0.4) is 0 Å². The van der Waals surface area contributed by atoms with Gasteiger partial charge in [-0.15, -0.1) is 0 Å². The smallest absolute Gasteiger partial charge is 0.416 e. The Morgan fingerprint density at radius 3 is 2.44 bits per heavy atom. The predicted molar refractivity (Wildman–Crippen MR) is 92.4 cm³/mol. The third-order valence-electron chi connectivity index (χ3n) is 4.25. The van der Waals surface area contributed by atoms with Gasteiger partial charge in [0.15, 0.2) is 6.10 Å². The molecular formula is C19H17F3N2O3. The van der Waals surface area contributed by atoms with Crippen LogP contribution in [0.15, 0.2) is 48.5 Å². The lowest BCUT2D eigenvalue weighted by Gasteiger charge is -2.34. The van der Waals surface area contributed by atoms with Crippen LogP contribution in [0.5, 0.6) is 5.75 Å². The Morgan fingerprint density at radius 2 is 1.81 bits per heavy atom. The molecule has 1 N–H and O–H groups in total. The third-order valence-corrected chi connectivity index (χ3v) is 4.25. The maximum absolute atomic E-state index is 12.8. The molecule has 0 bridgehead atoms. The Bertz CT molecular complexity index is 850. The molecule has 1 atom stereocenters. The van der Waals surface area contributed by atoms with E-state index >= 15 is 0 Å². The Morgan fingerprint density at radius 1 is 1.15 bits per heavy atom. The highest BCUT2D eigenvalue weighted by Crippen LogP contribution is 2.34. The van der Waals surface area contributed by atoms with Crippen LogP contribution in [0.25, 0.3) is 0 Å². The minimum Gasteiger partial charge on any atom is -0.477 e. The molecule has 2 aromatic carbocycles. The number of fused-ring (bicyclic) bond motifs is 1. The number of benzene rings is 2. The Labute approximate surface area is 153 Å². The van der Waals surface area contributed by atoms with E-state index in [9.17, 15) is 22.8 Å². The second-order valence-corrected chi connectivity index (χ2v) is 6.06. The minimum atomic E-state index is -4.42. The normalized spacial score (nSPS) is 16.3. The average molecular weight is 378 g/mol. The van der Waals surface area contributed by atoms with E-state index in [0.717, 1.165) is 12.1 Å². The Kier molecular flexibility index (Phi) is 5.07. The number of anilines is 1. The number of likely N-dealkylation sites (N-methyl/N-ethyl adjacent to an activating group) is 1. The number of nitrogens with one attached hydrogen (secondary N) is 1. The van der Waals surface area contributed by atoms with E-state index in [1.54, 1.807) is 24.3 Å². The fraction of sp³-hybridized carbons (Fsp3) is 0.263. The molecule has 0 aliphatic carbocycles. The van der Waals surface area contributed by atoms with E-state index in [2.05, 4.69) is 5.32 Å². The molecule has 1 aliphatic rings. The second kappa shape index (κ2) is 7.30. The first-order valence-electron chi connectivity index (χ1n) is 8.23. The first kappa shape index (κ1) is 18.8. The van der Waals surface area contributed by atoms with Crippen LogP contribution in [0.1, 0.15) is 11.1 Å². The predicted octanol–water partition coefficient (Wildman–Crippen LogP) is 2.79. The van der Waals surface area contributed by atoms with Crippen molar-refractivity contribution in [3.8, 4) is 5.75 Å². The van der Waals surface area contributed by atoms with E-state index in [-0.39, 0.29) is 24.8 Å². The third kappa shape index (κ3) is 4.05. The van der Waals surface area contributed by atoms with Crippen LogP contribution in [0.2, 0.25) is 0 Å². The number of rotatable bonds is 3. The summed E-state index contributed by atoms with van der Waals surface area (Å²) in [5.74, 6) is -0.297. The number of para-hydroxylation sites is 2. The molecule has 0 unspecified atom stereocenters. The number of hydrogen-bond acceptors (Lipinski definition) is 3. The molecule has 3 rings (SSSR count). The molecule has 2 amide bonds. The zero-order chi connectivity index (χ0) is 19.6. The largest absolute Gasteiger partial charge is 0.477 e. The zero-order valence-electron chi connectivity index (χ0n) is 14.4. The van der Waals surface area contributed by atoms with Gasteiger partial charge in [-0.3, -0.25) is 9.59 Å². The number of amides is 2. The monoisotopic (exact) mass is 378 g/mol. The summed E-state index contributed by atoms with van der Waals surface area (Å²) in [5.41, 5.74) is 0.207. The van der Waals surface area contributed by atoms with Gasteiger partial charge in [-0.25, -0.2) is 0 Å². The molecule has 27 heavy (non-hydrogen) atoms. The summed E-state index contributed by atoms with van der Waals surface area (Å²) >= 11 is 0. The van der Waals surface area contributed by atoms with Gasteiger partial charge in [0.2, 0.25) is 5.91 Å². The zero-order valence-corrected chi connectivity index (χ0v) is 14.4. The van der Waals surface area contributed by atoms with Gasteiger partial charge in [0.1, 0.15) is 5.75 Å². The second-order valence-electron chi connectivity index (χ2n) is 6.06. The summed E-state index contributed by atoms with van der Waals surface area (Å²) in [4.78, 5) is 26.2. The lowest BCUT2D eigenvalue weighted by molar-refractivity contribution is -0.137. The van der Waals surface area contributed by atoms with E-state index in [1.165, 1.54) is 24.1 Å². The van der Waals surface area contributed by atoms with Gasteiger partial charge in [-0.1, -0.05) is 24.3 Å².